The van der Waals surface area contributed by atoms with Gasteiger partial charge in [-0.05, 0) is 26.0 Å². The van der Waals surface area contributed by atoms with Gasteiger partial charge in [-0.2, -0.15) is 5.10 Å². The maximum atomic E-state index is 4.23. The van der Waals surface area contributed by atoms with Crippen LogP contribution in [0.25, 0.3) is 0 Å². The van der Waals surface area contributed by atoms with Gasteiger partial charge >= 0.3 is 0 Å². The van der Waals surface area contributed by atoms with Crippen LogP contribution in [0, 0.1) is 0 Å². The molecule has 0 aliphatic heterocycles. The molecule has 1 aliphatic carbocycles. The molecule has 2 rings (SSSR count). The lowest BCUT2D eigenvalue weighted by molar-refractivity contribution is 0.192. The molecule has 4 heteroatoms. The molecule has 2 unspecified atom stereocenters. The van der Waals surface area contributed by atoms with Gasteiger partial charge in [0.1, 0.15) is 0 Å². The van der Waals surface area contributed by atoms with E-state index in [0.29, 0.717) is 10.9 Å². The van der Waals surface area contributed by atoms with Crippen LogP contribution in [0.4, 0.5) is 0 Å². The van der Waals surface area contributed by atoms with Crippen LogP contribution < -0.4 is 0 Å². The van der Waals surface area contributed by atoms with E-state index in [1.165, 1.54) is 25.7 Å². The van der Waals surface area contributed by atoms with Crippen LogP contribution in [0.15, 0.2) is 18.5 Å². The van der Waals surface area contributed by atoms with E-state index in [2.05, 4.69) is 33.0 Å². The summed E-state index contributed by atoms with van der Waals surface area (Å²) >= 11 is 3.81. The van der Waals surface area contributed by atoms with E-state index in [1.54, 1.807) is 0 Å². The van der Waals surface area contributed by atoms with Crippen molar-refractivity contribution in [3.8, 4) is 0 Å². The Morgan fingerprint density at radius 2 is 2.25 bits per heavy atom. The second-order valence-electron chi connectivity index (χ2n) is 4.62. The number of nitrogens with zero attached hydrogens (tertiary/aromatic N) is 3. The molecular formula is C12H20BrN3. The maximum Gasteiger partial charge on any atom is 0.0536 e. The molecule has 1 fully saturated rings. The van der Waals surface area contributed by atoms with Gasteiger partial charge in [-0.1, -0.05) is 28.8 Å². The third-order valence-corrected chi connectivity index (χ3v) is 4.52. The Morgan fingerprint density at radius 1 is 1.44 bits per heavy atom. The number of hydrogen-bond donors (Lipinski definition) is 0. The van der Waals surface area contributed by atoms with Crippen LogP contribution in [0.2, 0.25) is 0 Å². The normalized spacial score (nSPS) is 26.2. The van der Waals surface area contributed by atoms with Gasteiger partial charge < -0.3 is 4.90 Å². The first-order valence-electron chi connectivity index (χ1n) is 6.09. The predicted octanol–water partition coefficient (Wildman–Crippen LogP) is 2.52. The number of likely N-dealkylation sites (N-methyl/N-ethyl adjacent to an activating group) is 1. The first kappa shape index (κ1) is 12.1. The zero-order valence-corrected chi connectivity index (χ0v) is 11.4. The Morgan fingerprint density at radius 3 is 2.94 bits per heavy atom. The molecule has 1 saturated carbocycles. The lowest BCUT2D eigenvalue weighted by atomic mass is 9.94. The first-order valence-corrected chi connectivity index (χ1v) is 7.00. The fourth-order valence-electron chi connectivity index (χ4n) is 2.42. The molecule has 1 aromatic rings. The van der Waals surface area contributed by atoms with Gasteiger partial charge in [-0.15, -0.1) is 0 Å². The van der Waals surface area contributed by atoms with Gasteiger partial charge in [0.05, 0.1) is 6.54 Å². The molecule has 0 amide bonds. The SMILES string of the molecule is CN(CCn1cccn1)C1CCCCC1Br. The topological polar surface area (TPSA) is 21.1 Å². The van der Waals surface area contributed by atoms with E-state index < -0.39 is 0 Å². The van der Waals surface area contributed by atoms with E-state index in [9.17, 15) is 0 Å². The number of hydrogen-bond acceptors (Lipinski definition) is 2. The Balaban J connectivity index is 1.80. The molecule has 0 spiro atoms. The standard InChI is InChI=1S/C12H20BrN3/c1-15(9-10-16-8-4-7-14-16)12-6-3-2-5-11(12)13/h4,7-8,11-12H,2-3,5-6,9-10H2,1H3. The molecule has 1 heterocycles. The van der Waals surface area contributed by atoms with Gasteiger partial charge in [0, 0.05) is 29.8 Å². The molecule has 90 valence electrons. The minimum Gasteiger partial charge on any atom is -0.300 e. The van der Waals surface area contributed by atoms with Crippen molar-refractivity contribution in [3.63, 3.8) is 0 Å². The lowest BCUT2D eigenvalue weighted by Crippen LogP contribution is -2.42. The van der Waals surface area contributed by atoms with E-state index in [4.69, 9.17) is 0 Å². The second kappa shape index (κ2) is 5.82. The van der Waals surface area contributed by atoms with Gasteiger partial charge in [0.15, 0.2) is 0 Å². The predicted molar refractivity (Wildman–Crippen MR) is 69.8 cm³/mol. The van der Waals surface area contributed by atoms with Crippen LogP contribution >= 0.6 is 15.9 Å². The molecule has 0 bridgehead atoms. The maximum absolute atomic E-state index is 4.23. The van der Waals surface area contributed by atoms with Crippen LogP contribution in [0.3, 0.4) is 0 Å². The van der Waals surface area contributed by atoms with Crippen molar-refractivity contribution in [3.05, 3.63) is 18.5 Å². The average Bonchev–Trinajstić information content (AvgIpc) is 2.79. The van der Waals surface area contributed by atoms with Crippen molar-refractivity contribution >= 4 is 15.9 Å². The molecule has 3 nitrogen and oxygen atoms in total. The summed E-state index contributed by atoms with van der Waals surface area (Å²) in [5.74, 6) is 0. The molecule has 0 radical (unpaired) electrons. The molecule has 16 heavy (non-hydrogen) atoms. The van der Waals surface area contributed by atoms with Crippen molar-refractivity contribution in [1.82, 2.24) is 14.7 Å². The number of rotatable bonds is 4. The van der Waals surface area contributed by atoms with Crippen LogP contribution in [0.1, 0.15) is 25.7 Å². The van der Waals surface area contributed by atoms with Gasteiger partial charge in [-0.3, -0.25) is 4.68 Å². The highest BCUT2D eigenvalue weighted by molar-refractivity contribution is 9.09. The minimum atomic E-state index is 0.670. The van der Waals surface area contributed by atoms with Crippen molar-refractivity contribution in [2.24, 2.45) is 0 Å². The number of halogens is 1. The summed E-state index contributed by atoms with van der Waals surface area (Å²) < 4.78 is 2.00. The number of aromatic nitrogens is 2. The molecule has 0 aromatic carbocycles. The highest BCUT2D eigenvalue weighted by Crippen LogP contribution is 2.27. The Bertz CT molecular complexity index is 299. The molecule has 0 saturated heterocycles. The van der Waals surface area contributed by atoms with Crippen molar-refractivity contribution in [1.29, 1.82) is 0 Å². The summed E-state index contributed by atoms with van der Waals surface area (Å²) in [5.41, 5.74) is 0. The van der Waals surface area contributed by atoms with Gasteiger partial charge in [0.2, 0.25) is 0 Å². The summed E-state index contributed by atoms with van der Waals surface area (Å²) in [6.45, 7) is 2.06. The van der Waals surface area contributed by atoms with Crippen LogP contribution in [0.5, 0.6) is 0 Å². The summed E-state index contributed by atoms with van der Waals surface area (Å²) in [6.07, 6.45) is 9.26. The van der Waals surface area contributed by atoms with E-state index in [0.717, 1.165) is 13.1 Å². The smallest absolute Gasteiger partial charge is 0.0536 e. The van der Waals surface area contributed by atoms with E-state index >= 15 is 0 Å². The summed E-state index contributed by atoms with van der Waals surface area (Å²) in [6, 6.07) is 2.68. The Labute approximate surface area is 106 Å². The molecular weight excluding hydrogens is 266 g/mol. The monoisotopic (exact) mass is 285 g/mol. The van der Waals surface area contributed by atoms with Crippen molar-refractivity contribution in [2.75, 3.05) is 13.6 Å². The second-order valence-corrected chi connectivity index (χ2v) is 5.79. The zero-order valence-electron chi connectivity index (χ0n) is 9.85. The largest absolute Gasteiger partial charge is 0.300 e. The quantitative estimate of drug-likeness (QED) is 0.793. The third kappa shape index (κ3) is 3.08. The fourth-order valence-corrected chi connectivity index (χ4v) is 3.41. The van der Waals surface area contributed by atoms with Gasteiger partial charge in [0.25, 0.3) is 0 Å². The number of alkyl halides is 1. The van der Waals surface area contributed by atoms with Gasteiger partial charge in [-0.25, -0.2) is 0 Å². The van der Waals surface area contributed by atoms with E-state index in [1.807, 2.05) is 23.1 Å². The highest BCUT2D eigenvalue weighted by atomic mass is 79.9. The van der Waals surface area contributed by atoms with Crippen molar-refractivity contribution in [2.45, 2.75) is 43.1 Å². The average molecular weight is 286 g/mol. The Kier molecular flexibility index (Phi) is 4.41. The summed E-state index contributed by atoms with van der Waals surface area (Å²) in [4.78, 5) is 3.14. The summed E-state index contributed by atoms with van der Waals surface area (Å²) in [5, 5.41) is 4.23. The lowest BCUT2D eigenvalue weighted by Gasteiger charge is -2.35. The molecule has 1 aromatic heterocycles. The highest BCUT2D eigenvalue weighted by Gasteiger charge is 2.25. The first-order chi connectivity index (χ1) is 7.77. The molecule has 2 atom stereocenters. The molecule has 1 aliphatic rings. The van der Waals surface area contributed by atoms with Crippen LogP contribution in [-0.2, 0) is 6.54 Å². The summed E-state index contributed by atoms with van der Waals surface area (Å²) in [7, 11) is 2.23. The fraction of sp³-hybridized carbons (Fsp3) is 0.750. The minimum absolute atomic E-state index is 0.670. The zero-order chi connectivity index (χ0) is 11.4. The molecule has 0 N–H and O–H groups in total. The third-order valence-electron chi connectivity index (χ3n) is 3.45. The van der Waals surface area contributed by atoms with Crippen LogP contribution in [-0.4, -0.2) is 39.1 Å². The van der Waals surface area contributed by atoms with E-state index in [-0.39, 0.29) is 0 Å². The van der Waals surface area contributed by atoms with Crippen molar-refractivity contribution < 1.29 is 0 Å². The Hall–Kier alpha value is -0.350.